The number of likely N-dealkylation sites (tertiary alicyclic amines) is 1. The number of benzene rings is 1. The molecule has 5 heteroatoms. The molecule has 2 rings (SSSR count). The first-order valence-electron chi connectivity index (χ1n) is 7.03. The number of ether oxygens (including phenoxy) is 2. The van der Waals surface area contributed by atoms with Crippen LogP contribution in [0.4, 0.5) is 0 Å². The van der Waals surface area contributed by atoms with Gasteiger partial charge in [0, 0.05) is 12.6 Å². The number of amides is 1. The van der Waals surface area contributed by atoms with Crippen LogP contribution in [0.5, 0.6) is 11.5 Å². The molecular formula is C15H22N2O3. The fourth-order valence-electron chi connectivity index (χ4n) is 2.45. The third-order valence-electron chi connectivity index (χ3n) is 3.52. The van der Waals surface area contributed by atoms with Crippen LogP contribution in [0.2, 0.25) is 0 Å². The van der Waals surface area contributed by atoms with Crippen LogP contribution < -0.4 is 15.2 Å². The molecule has 0 unspecified atom stereocenters. The Morgan fingerprint density at radius 1 is 1.35 bits per heavy atom. The van der Waals surface area contributed by atoms with E-state index in [0.29, 0.717) is 23.7 Å². The highest BCUT2D eigenvalue weighted by Gasteiger charge is 2.11. The highest BCUT2D eigenvalue weighted by Crippen LogP contribution is 2.24. The molecule has 1 amide bonds. The SMILES string of the molecule is COc1cc(OCCCN2CCCC2)ccc1C(N)=O. The first kappa shape index (κ1) is 14.7. The van der Waals surface area contributed by atoms with Gasteiger partial charge in [-0.3, -0.25) is 4.79 Å². The molecule has 0 bridgehead atoms. The maximum absolute atomic E-state index is 11.2. The highest BCUT2D eigenvalue weighted by molar-refractivity contribution is 5.95. The molecule has 0 spiro atoms. The van der Waals surface area contributed by atoms with Gasteiger partial charge in [0.05, 0.1) is 19.3 Å². The summed E-state index contributed by atoms with van der Waals surface area (Å²) in [6.07, 6.45) is 3.62. The molecule has 1 fully saturated rings. The van der Waals surface area contributed by atoms with Crippen molar-refractivity contribution in [3.05, 3.63) is 23.8 Å². The average Bonchev–Trinajstić information content (AvgIpc) is 2.96. The topological polar surface area (TPSA) is 64.8 Å². The van der Waals surface area contributed by atoms with E-state index in [-0.39, 0.29) is 0 Å². The molecule has 0 atom stereocenters. The fourth-order valence-corrected chi connectivity index (χ4v) is 2.45. The predicted octanol–water partition coefficient (Wildman–Crippen LogP) is 1.66. The first-order chi connectivity index (χ1) is 9.70. The number of carbonyl (C=O) groups is 1. The summed E-state index contributed by atoms with van der Waals surface area (Å²) in [5, 5.41) is 0. The predicted molar refractivity (Wildman–Crippen MR) is 77.3 cm³/mol. The summed E-state index contributed by atoms with van der Waals surface area (Å²) in [6.45, 7) is 4.16. The zero-order valence-electron chi connectivity index (χ0n) is 11.9. The van der Waals surface area contributed by atoms with Gasteiger partial charge in [0.2, 0.25) is 0 Å². The monoisotopic (exact) mass is 278 g/mol. The Kier molecular flexibility index (Phi) is 5.24. The average molecular weight is 278 g/mol. The number of hydrogen-bond donors (Lipinski definition) is 1. The Morgan fingerprint density at radius 2 is 2.10 bits per heavy atom. The van der Waals surface area contributed by atoms with Gasteiger partial charge in [-0.15, -0.1) is 0 Å². The lowest BCUT2D eigenvalue weighted by molar-refractivity contribution is 0.0997. The van der Waals surface area contributed by atoms with E-state index in [2.05, 4.69) is 4.90 Å². The van der Waals surface area contributed by atoms with Crippen molar-refractivity contribution in [2.24, 2.45) is 5.73 Å². The molecule has 1 saturated heterocycles. The van der Waals surface area contributed by atoms with Crippen molar-refractivity contribution in [3.8, 4) is 11.5 Å². The van der Waals surface area contributed by atoms with Crippen LogP contribution in [0, 0.1) is 0 Å². The van der Waals surface area contributed by atoms with Crippen molar-refractivity contribution in [1.29, 1.82) is 0 Å². The number of methoxy groups -OCH3 is 1. The summed E-state index contributed by atoms with van der Waals surface area (Å²) in [5.74, 6) is 0.658. The normalized spacial score (nSPS) is 15.2. The summed E-state index contributed by atoms with van der Waals surface area (Å²) in [4.78, 5) is 13.7. The molecular weight excluding hydrogens is 256 g/mol. The Morgan fingerprint density at radius 3 is 2.75 bits per heavy atom. The number of hydrogen-bond acceptors (Lipinski definition) is 4. The van der Waals surface area contributed by atoms with E-state index in [9.17, 15) is 4.79 Å². The molecule has 1 aromatic carbocycles. The maximum atomic E-state index is 11.2. The minimum Gasteiger partial charge on any atom is -0.496 e. The molecule has 1 heterocycles. The summed E-state index contributed by atoms with van der Waals surface area (Å²) in [6, 6.07) is 5.09. The number of carbonyl (C=O) groups excluding carboxylic acids is 1. The lowest BCUT2D eigenvalue weighted by atomic mass is 10.2. The fraction of sp³-hybridized carbons (Fsp3) is 0.533. The zero-order chi connectivity index (χ0) is 14.4. The van der Waals surface area contributed by atoms with E-state index >= 15 is 0 Å². The second-order valence-electron chi connectivity index (χ2n) is 4.98. The second-order valence-corrected chi connectivity index (χ2v) is 4.98. The lowest BCUT2D eigenvalue weighted by Crippen LogP contribution is -2.21. The second kappa shape index (κ2) is 7.14. The molecule has 1 aromatic rings. The van der Waals surface area contributed by atoms with Gasteiger partial charge in [-0.25, -0.2) is 0 Å². The van der Waals surface area contributed by atoms with E-state index in [1.165, 1.54) is 33.0 Å². The summed E-state index contributed by atoms with van der Waals surface area (Å²) < 4.78 is 10.8. The van der Waals surface area contributed by atoms with Crippen molar-refractivity contribution in [1.82, 2.24) is 4.90 Å². The highest BCUT2D eigenvalue weighted by atomic mass is 16.5. The summed E-state index contributed by atoms with van der Waals surface area (Å²) in [7, 11) is 1.51. The van der Waals surface area contributed by atoms with E-state index in [1.54, 1.807) is 18.2 Å². The van der Waals surface area contributed by atoms with Gasteiger partial charge in [-0.05, 0) is 44.5 Å². The number of primary amides is 1. The van der Waals surface area contributed by atoms with Gasteiger partial charge in [0.1, 0.15) is 11.5 Å². The van der Waals surface area contributed by atoms with Crippen LogP contribution in [0.25, 0.3) is 0 Å². The van der Waals surface area contributed by atoms with Crippen molar-refractivity contribution >= 4 is 5.91 Å². The molecule has 0 aliphatic carbocycles. The first-order valence-corrected chi connectivity index (χ1v) is 7.03. The Bertz CT molecular complexity index is 456. The molecule has 2 N–H and O–H groups in total. The molecule has 20 heavy (non-hydrogen) atoms. The Balaban J connectivity index is 1.81. The van der Waals surface area contributed by atoms with Gasteiger partial charge in [0.15, 0.2) is 0 Å². The molecule has 1 aliphatic heterocycles. The van der Waals surface area contributed by atoms with Crippen LogP contribution in [0.3, 0.4) is 0 Å². The van der Waals surface area contributed by atoms with Crippen molar-refractivity contribution < 1.29 is 14.3 Å². The minimum atomic E-state index is -0.498. The molecule has 0 radical (unpaired) electrons. The Hall–Kier alpha value is -1.75. The third kappa shape index (κ3) is 3.87. The van der Waals surface area contributed by atoms with Crippen molar-refractivity contribution in [3.63, 3.8) is 0 Å². The van der Waals surface area contributed by atoms with Crippen LogP contribution in [0.1, 0.15) is 29.6 Å². The summed E-state index contributed by atoms with van der Waals surface area (Å²) >= 11 is 0. The largest absolute Gasteiger partial charge is 0.496 e. The van der Waals surface area contributed by atoms with Gasteiger partial charge in [0.25, 0.3) is 5.91 Å². The van der Waals surface area contributed by atoms with Crippen LogP contribution in [0.15, 0.2) is 18.2 Å². The smallest absolute Gasteiger partial charge is 0.252 e. The molecule has 0 aromatic heterocycles. The third-order valence-corrected chi connectivity index (χ3v) is 3.52. The molecule has 5 nitrogen and oxygen atoms in total. The zero-order valence-corrected chi connectivity index (χ0v) is 11.9. The van der Waals surface area contributed by atoms with Gasteiger partial charge in [-0.1, -0.05) is 0 Å². The van der Waals surface area contributed by atoms with E-state index in [1.807, 2.05) is 0 Å². The maximum Gasteiger partial charge on any atom is 0.252 e. The molecule has 0 saturated carbocycles. The molecule has 1 aliphatic rings. The van der Waals surface area contributed by atoms with Gasteiger partial charge in [-0.2, -0.15) is 0 Å². The van der Waals surface area contributed by atoms with E-state index in [4.69, 9.17) is 15.2 Å². The number of nitrogens with zero attached hydrogens (tertiary/aromatic N) is 1. The summed E-state index contributed by atoms with van der Waals surface area (Å²) in [5.41, 5.74) is 5.64. The molecule has 110 valence electrons. The van der Waals surface area contributed by atoms with Crippen molar-refractivity contribution in [2.75, 3.05) is 33.4 Å². The van der Waals surface area contributed by atoms with Gasteiger partial charge < -0.3 is 20.1 Å². The van der Waals surface area contributed by atoms with Crippen LogP contribution >= 0.6 is 0 Å². The lowest BCUT2D eigenvalue weighted by Gasteiger charge is -2.15. The number of nitrogens with two attached hydrogens (primary N) is 1. The standard InChI is InChI=1S/C15H22N2O3/c1-19-14-11-12(5-6-13(14)15(16)18)20-10-4-9-17-7-2-3-8-17/h5-6,11H,2-4,7-10H2,1H3,(H2,16,18). The Labute approximate surface area is 119 Å². The van der Waals surface area contributed by atoms with Gasteiger partial charge >= 0.3 is 0 Å². The van der Waals surface area contributed by atoms with Crippen LogP contribution in [-0.4, -0.2) is 44.2 Å². The van der Waals surface area contributed by atoms with Crippen LogP contribution in [-0.2, 0) is 0 Å². The minimum absolute atomic E-state index is 0.372. The van der Waals surface area contributed by atoms with E-state index in [0.717, 1.165) is 13.0 Å². The van der Waals surface area contributed by atoms with Crippen molar-refractivity contribution in [2.45, 2.75) is 19.3 Å². The quantitative estimate of drug-likeness (QED) is 0.770. The number of rotatable bonds is 7. The van der Waals surface area contributed by atoms with E-state index < -0.39 is 5.91 Å².